The zero-order valence-electron chi connectivity index (χ0n) is 12.9. The number of unbranched alkanes of at least 4 members (excludes halogenated alkanes) is 2. The molecule has 1 aromatic carbocycles. The van der Waals surface area contributed by atoms with E-state index in [1.54, 1.807) is 0 Å². The van der Waals surface area contributed by atoms with Crippen LogP contribution in [0.15, 0.2) is 30.3 Å². The number of aldehydes is 1. The predicted octanol–water partition coefficient (Wildman–Crippen LogP) is 2.91. The molecule has 0 saturated heterocycles. The summed E-state index contributed by atoms with van der Waals surface area (Å²) in [7, 11) is -3.70. The maximum atomic E-state index is 12.0. The largest absolute Gasteiger partial charge is 0.330 e. The minimum atomic E-state index is -3.70. The van der Waals surface area contributed by atoms with Crippen molar-refractivity contribution in [3.8, 4) is 0 Å². The monoisotopic (exact) mass is 327 g/mol. The van der Waals surface area contributed by atoms with Crippen molar-refractivity contribution in [2.24, 2.45) is 5.73 Å². The standard InChI is InChI=1S/C16H26NO4P/c17-12-6-4-11-16(14-18)21-22(19,20)13-7-5-10-15-8-2-1-3-9-15/h1-3,8-9,14,16H,4-7,10-13,17H2,(H,19,20). The fraction of sp³-hybridized carbons (Fsp3) is 0.562. The highest BCUT2D eigenvalue weighted by molar-refractivity contribution is 7.52. The van der Waals surface area contributed by atoms with Crippen LogP contribution in [0.1, 0.15) is 37.7 Å². The molecule has 0 bridgehead atoms. The Morgan fingerprint density at radius 2 is 1.91 bits per heavy atom. The van der Waals surface area contributed by atoms with Crippen LogP contribution in [0.25, 0.3) is 0 Å². The maximum Gasteiger partial charge on any atom is 0.328 e. The fourth-order valence-corrected chi connectivity index (χ4v) is 3.49. The molecule has 124 valence electrons. The number of hydrogen-bond acceptors (Lipinski definition) is 4. The van der Waals surface area contributed by atoms with Crippen molar-refractivity contribution >= 4 is 13.9 Å². The van der Waals surface area contributed by atoms with Crippen molar-refractivity contribution < 1.29 is 18.8 Å². The summed E-state index contributed by atoms with van der Waals surface area (Å²) in [6.07, 6.45) is 4.09. The first-order valence-electron chi connectivity index (χ1n) is 7.77. The zero-order valence-corrected chi connectivity index (χ0v) is 13.8. The Kier molecular flexibility index (Phi) is 9.25. The highest BCUT2D eigenvalue weighted by Crippen LogP contribution is 2.44. The summed E-state index contributed by atoms with van der Waals surface area (Å²) in [6, 6.07) is 9.99. The lowest BCUT2D eigenvalue weighted by molar-refractivity contribution is -0.114. The van der Waals surface area contributed by atoms with E-state index in [0.29, 0.717) is 32.1 Å². The molecule has 1 aromatic rings. The molecule has 2 unspecified atom stereocenters. The van der Waals surface area contributed by atoms with Crippen LogP contribution < -0.4 is 5.73 Å². The molecule has 1 rings (SSSR count). The van der Waals surface area contributed by atoms with Crippen LogP contribution in [-0.4, -0.2) is 30.0 Å². The van der Waals surface area contributed by atoms with Crippen LogP contribution in [0, 0.1) is 0 Å². The number of benzene rings is 1. The van der Waals surface area contributed by atoms with Gasteiger partial charge in [0.05, 0.1) is 6.16 Å². The van der Waals surface area contributed by atoms with E-state index in [1.165, 1.54) is 5.56 Å². The highest BCUT2D eigenvalue weighted by Gasteiger charge is 2.23. The van der Waals surface area contributed by atoms with Crippen LogP contribution in [0.4, 0.5) is 0 Å². The van der Waals surface area contributed by atoms with Gasteiger partial charge in [0.1, 0.15) is 12.4 Å². The third-order valence-corrected chi connectivity index (χ3v) is 4.88. The number of nitrogens with two attached hydrogens (primary N) is 1. The summed E-state index contributed by atoms with van der Waals surface area (Å²) >= 11 is 0. The SMILES string of the molecule is NCCCCC(C=O)OP(=O)(O)CCCCc1ccccc1. The van der Waals surface area contributed by atoms with Crippen LogP contribution in [0.5, 0.6) is 0 Å². The molecule has 0 aliphatic rings. The van der Waals surface area contributed by atoms with Crippen molar-refractivity contribution in [3.63, 3.8) is 0 Å². The van der Waals surface area contributed by atoms with Crippen molar-refractivity contribution in [3.05, 3.63) is 35.9 Å². The minimum Gasteiger partial charge on any atom is -0.330 e. The number of rotatable bonds is 12. The fourth-order valence-electron chi connectivity index (χ4n) is 2.19. The van der Waals surface area contributed by atoms with E-state index in [4.69, 9.17) is 10.3 Å². The first-order valence-corrected chi connectivity index (χ1v) is 9.53. The van der Waals surface area contributed by atoms with E-state index in [-0.39, 0.29) is 6.16 Å². The zero-order chi connectivity index (χ0) is 16.3. The van der Waals surface area contributed by atoms with Crippen molar-refractivity contribution in [1.82, 2.24) is 0 Å². The number of hydrogen-bond donors (Lipinski definition) is 2. The molecule has 6 heteroatoms. The summed E-state index contributed by atoms with van der Waals surface area (Å²) in [6.45, 7) is 0.544. The normalized spacial score (nSPS) is 15.2. The Morgan fingerprint density at radius 3 is 2.55 bits per heavy atom. The molecule has 5 nitrogen and oxygen atoms in total. The molecule has 0 aliphatic heterocycles. The van der Waals surface area contributed by atoms with Gasteiger partial charge < -0.3 is 15.4 Å². The Labute approximate surface area is 132 Å². The molecular formula is C16H26NO4P. The Morgan fingerprint density at radius 1 is 1.18 bits per heavy atom. The first-order chi connectivity index (χ1) is 10.6. The average Bonchev–Trinajstić information content (AvgIpc) is 2.52. The van der Waals surface area contributed by atoms with Gasteiger partial charge in [-0.05, 0) is 50.6 Å². The summed E-state index contributed by atoms with van der Waals surface area (Å²) < 4.78 is 17.1. The van der Waals surface area contributed by atoms with Gasteiger partial charge in [0, 0.05) is 0 Å². The van der Waals surface area contributed by atoms with Gasteiger partial charge in [-0.15, -0.1) is 0 Å². The minimum absolute atomic E-state index is 0.0844. The van der Waals surface area contributed by atoms with E-state index in [9.17, 15) is 14.3 Å². The first kappa shape index (κ1) is 19.0. The Hall–Kier alpha value is -1.00. The lowest BCUT2D eigenvalue weighted by atomic mass is 10.1. The van der Waals surface area contributed by atoms with Gasteiger partial charge in [-0.2, -0.15) is 0 Å². The molecule has 0 spiro atoms. The molecule has 0 amide bonds. The average molecular weight is 327 g/mol. The van der Waals surface area contributed by atoms with E-state index in [0.717, 1.165) is 19.3 Å². The number of carbonyl (C=O) groups is 1. The lowest BCUT2D eigenvalue weighted by Crippen LogP contribution is -2.14. The molecule has 22 heavy (non-hydrogen) atoms. The summed E-state index contributed by atoms with van der Waals surface area (Å²) in [5.74, 6) is 0. The van der Waals surface area contributed by atoms with E-state index < -0.39 is 13.7 Å². The topological polar surface area (TPSA) is 89.6 Å². The molecular weight excluding hydrogens is 301 g/mol. The van der Waals surface area contributed by atoms with E-state index in [2.05, 4.69) is 0 Å². The molecule has 0 saturated carbocycles. The van der Waals surface area contributed by atoms with Gasteiger partial charge in [-0.1, -0.05) is 30.3 Å². The van der Waals surface area contributed by atoms with Gasteiger partial charge in [0.2, 0.25) is 0 Å². The van der Waals surface area contributed by atoms with E-state index in [1.807, 2.05) is 30.3 Å². The maximum absolute atomic E-state index is 12.0. The molecule has 0 aliphatic carbocycles. The van der Waals surface area contributed by atoms with Crippen LogP contribution in [0.2, 0.25) is 0 Å². The third kappa shape index (κ3) is 8.44. The molecule has 0 fully saturated rings. The molecule has 0 radical (unpaired) electrons. The highest BCUT2D eigenvalue weighted by atomic mass is 31.2. The quantitative estimate of drug-likeness (QED) is 0.350. The van der Waals surface area contributed by atoms with Gasteiger partial charge in [0.25, 0.3) is 0 Å². The van der Waals surface area contributed by atoms with Crippen LogP contribution in [0.3, 0.4) is 0 Å². The smallest absolute Gasteiger partial charge is 0.328 e. The molecule has 0 aromatic heterocycles. The summed E-state index contributed by atoms with van der Waals surface area (Å²) in [5, 5.41) is 0. The van der Waals surface area contributed by atoms with Crippen molar-refractivity contribution in [1.29, 1.82) is 0 Å². The van der Waals surface area contributed by atoms with Gasteiger partial charge >= 0.3 is 7.60 Å². The van der Waals surface area contributed by atoms with Crippen molar-refractivity contribution in [2.75, 3.05) is 12.7 Å². The van der Waals surface area contributed by atoms with Gasteiger partial charge in [-0.25, -0.2) is 0 Å². The summed E-state index contributed by atoms with van der Waals surface area (Å²) in [5.41, 5.74) is 6.59. The Bertz CT molecular complexity index is 466. The summed E-state index contributed by atoms with van der Waals surface area (Å²) in [4.78, 5) is 20.7. The lowest BCUT2D eigenvalue weighted by Gasteiger charge is -2.17. The molecule has 0 heterocycles. The molecule has 3 N–H and O–H groups in total. The van der Waals surface area contributed by atoms with Crippen LogP contribution >= 0.6 is 7.60 Å². The third-order valence-electron chi connectivity index (χ3n) is 3.39. The van der Waals surface area contributed by atoms with E-state index >= 15 is 0 Å². The van der Waals surface area contributed by atoms with Crippen LogP contribution in [-0.2, 0) is 20.3 Å². The van der Waals surface area contributed by atoms with Crippen molar-refractivity contribution in [2.45, 2.75) is 44.6 Å². The second kappa shape index (κ2) is 10.7. The number of carbonyl (C=O) groups excluding carboxylic acids is 1. The predicted molar refractivity (Wildman–Crippen MR) is 87.9 cm³/mol. The Balaban J connectivity index is 2.27. The van der Waals surface area contributed by atoms with Gasteiger partial charge in [-0.3, -0.25) is 9.09 Å². The second-order valence-corrected chi connectivity index (χ2v) is 7.30. The number of aryl methyl sites for hydroxylation is 1. The van der Waals surface area contributed by atoms with Gasteiger partial charge in [0.15, 0.2) is 0 Å². The second-order valence-electron chi connectivity index (χ2n) is 5.37. The molecule has 2 atom stereocenters.